The van der Waals surface area contributed by atoms with E-state index < -0.39 is 0 Å². The van der Waals surface area contributed by atoms with E-state index in [2.05, 4.69) is 146 Å². The number of benzene rings is 8. The molecule has 8 aromatic carbocycles. The van der Waals surface area contributed by atoms with Gasteiger partial charge in [0.2, 0.25) is 0 Å². The first-order valence-electron chi connectivity index (χ1n) is 16.6. The summed E-state index contributed by atoms with van der Waals surface area (Å²) in [5.74, 6) is 0. The molecule has 0 atom stereocenters. The first kappa shape index (κ1) is 26.9. The molecule has 0 N–H and O–H groups in total. The lowest BCUT2D eigenvalue weighted by molar-refractivity contribution is 0.616. The summed E-state index contributed by atoms with van der Waals surface area (Å²) >= 11 is 1.86. The number of hydrogen-bond acceptors (Lipinski definition) is 3. The largest absolute Gasteiger partial charge is 0.464 e. The van der Waals surface area contributed by atoms with Crippen LogP contribution in [0.15, 0.2) is 167 Å². The van der Waals surface area contributed by atoms with Gasteiger partial charge >= 0.3 is 0 Å². The number of para-hydroxylation sites is 1. The number of hydrogen-bond donors (Lipinski definition) is 0. The van der Waals surface area contributed by atoms with Crippen LogP contribution in [0.2, 0.25) is 0 Å². The summed E-state index contributed by atoms with van der Waals surface area (Å²) in [4.78, 5) is 0. The zero-order valence-corrected chi connectivity index (χ0v) is 27.1. The summed E-state index contributed by atoms with van der Waals surface area (Å²) < 4.78 is 15.7. The maximum absolute atomic E-state index is 7.01. The molecule has 0 aliphatic rings. The van der Waals surface area contributed by atoms with Gasteiger partial charge in [-0.05, 0) is 68.6 Å². The third-order valence-corrected chi connectivity index (χ3v) is 11.3. The van der Waals surface area contributed by atoms with Crippen molar-refractivity contribution in [1.82, 2.24) is 0 Å². The highest BCUT2D eigenvalue weighted by Crippen LogP contribution is 2.48. The number of furan rings is 2. The molecule has 0 aliphatic heterocycles. The quantitative estimate of drug-likeness (QED) is 0.179. The van der Waals surface area contributed by atoms with Gasteiger partial charge in [0.25, 0.3) is 0 Å². The second kappa shape index (κ2) is 10.2. The second-order valence-electron chi connectivity index (χ2n) is 12.8. The summed E-state index contributed by atoms with van der Waals surface area (Å²) in [5.41, 5.74) is 9.48. The minimum atomic E-state index is 0.822. The highest BCUT2D eigenvalue weighted by molar-refractivity contribution is 7.25. The van der Waals surface area contributed by atoms with Gasteiger partial charge in [-0.3, -0.25) is 0 Å². The van der Waals surface area contributed by atoms with Crippen molar-refractivity contribution in [1.29, 1.82) is 0 Å². The summed E-state index contributed by atoms with van der Waals surface area (Å²) in [7, 11) is 0. The lowest BCUT2D eigenvalue weighted by Gasteiger charge is -2.18. The van der Waals surface area contributed by atoms with Gasteiger partial charge in [-0.25, -0.2) is 0 Å². The van der Waals surface area contributed by atoms with Crippen LogP contribution in [0.25, 0.3) is 108 Å². The Balaban J connectivity index is 1.22. The molecule has 3 heterocycles. The molecular formula is C46H26O2S. The Morgan fingerprint density at radius 2 is 1.02 bits per heavy atom. The molecule has 11 aromatic rings. The van der Waals surface area contributed by atoms with Crippen LogP contribution in [0.1, 0.15) is 0 Å². The molecule has 0 bridgehead atoms. The van der Waals surface area contributed by atoms with E-state index >= 15 is 0 Å². The molecular weight excluding hydrogens is 617 g/mol. The maximum Gasteiger partial charge on any atom is 0.147 e. The van der Waals surface area contributed by atoms with Crippen molar-refractivity contribution >= 4 is 86.0 Å². The average molecular weight is 643 g/mol. The molecule has 0 saturated heterocycles. The van der Waals surface area contributed by atoms with E-state index in [0.717, 1.165) is 49.6 Å². The molecule has 0 radical (unpaired) electrons. The Bertz CT molecular complexity index is 3050. The van der Waals surface area contributed by atoms with Gasteiger partial charge in [-0.2, -0.15) is 0 Å². The second-order valence-corrected chi connectivity index (χ2v) is 13.8. The van der Waals surface area contributed by atoms with E-state index in [1.54, 1.807) is 0 Å². The third-order valence-electron chi connectivity index (χ3n) is 10.2. The standard InChI is InChI=1S/C46H26O2S/c1-2-11-27(12-3-1)38-26-47-39-23-22-35-34-18-10-19-36(45(34)48-46(35)44(38)39)43-32-16-6-4-14-30(32)42(31-15-5-7-17-33(31)43)28-21-24-41-37(25-28)29-13-8-9-20-40(29)49-41/h1-26H. The van der Waals surface area contributed by atoms with Gasteiger partial charge in [0.1, 0.15) is 16.7 Å². The first-order chi connectivity index (χ1) is 24.3. The Morgan fingerprint density at radius 3 is 1.80 bits per heavy atom. The van der Waals surface area contributed by atoms with Gasteiger partial charge in [0.15, 0.2) is 0 Å². The normalized spacial score (nSPS) is 12.1. The number of fused-ring (bicyclic) bond motifs is 10. The lowest BCUT2D eigenvalue weighted by atomic mass is 9.85. The third kappa shape index (κ3) is 3.82. The minimum Gasteiger partial charge on any atom is -0.464 e. The smallest absolute Gasteiger partial charge is 0.147 e. The zero-order chi connectivity index (χ0) is 32.1. The van der Waals surface area contributed by atoms with E-state index in [1.165, 1.54) is 58.4 Å². The summed E-state index contributed by atoms with van der Waals surface area (Å²) in [6.07, 6.45) is 1.85. The molecule has 3 heteroatoms. The molecule has 2 nitrogen and oxygen atoms in total. The molecule has 0 aliphatic carbocycles. The van der Waals surface area contributed by atoms with Crippen molar-refractivity contribution in [3.05, 3.63) is 158 Å². The molecule has 228 valence electrons. The van der Waals surface area contributed by atoms with Crippen LogP contribution in [0.5, 0.6) is 0 Å². The van der Waals surface area contributed by atoms with Crippen molar-refractivity contribution in [2.24, 2.45) is 0 Å². The SMILES string of the molecule is c1ccc(-c2coc3ccc4c5cccc(-c6c7ccccc7c(-c7ccc8sc9ccccc9c8c7)c7ccccc67)c5oc4c23)cc1. The van der Waals surface area contributed by atoms with Crippen molar-refractivity contribution in [3.63, 3.8) is 0 Å². The van der Waals surface area contributed by atoms with Crippen molar-refractivity contribution in [2.45, 2.75) is 0 Å². The molecule has 0 amide bonds. The Kier molecular flexibility index (Phi) is 5.57. The van der Waals surface area contributed by atoms with Crippen LogP contribution in [0.3, 0.4) is 0 Å². The number of rotatable bonds is 3. The van der Waals surface area contributed by atoms with E-state index in [-0.39, 0.29) is 0 Å². The predicted octanol–water partition coefficient (Wildman–Crippen LogP) is 14.0. The van der Waals surface area contributed by atoms with Crippen LogP contribution in [-0.4, -0.2) is 0 Å². The molecule has 49 heavy (non-hydrogen) atoms. The average Bonchev–Trinajstić information content (AvgIpc) is 3.87. The van der Waals surface area contributed by atoms with E-state index in [0.29, 0.717) is 0 Å². The minimum absolute atomic E-state index is 0.822. The molecule has 0 unspecified atom stereocenters. The van der Waals surface area contributed by atoms with Gasteiger partial charge in [-0.1, -0.05) is 121 Å². The fraction of sp³-hybridized carbons (Fsp3) is 0. The van der Waals surface area contributed by atoms with Gasteiger partial charge < -0.3 is 8.83 Å². The topological polar surface area (TPSA) is 26.3 Å². The van der Waals surface area contributed by atoms with Gasteiger partial charge in [0.05, 0.1) is 11.6 Å². The predicted molar refractivity (Wildman–Crippen MR) is 208 cm³/mol. The van der Waals surface area contributed by atoms with Crippen LogP contribution in [-0.2, 0) is 0 Å². The molecule has 3 aromatic heterocycles. The van der Waals surface area contributed by atoms with E-state index in [9.17, 15) is 0 Å². The lowest BCUT2D eigenvalue weighted by Crippen LogP contribution is -1.91. The monoisotopic (exact) mass is 642 g/mol. The first-order valence-corrected chi connectivity index (χ1v) is 17.4. The Labute approximate surface area is 285 Å². The Morgan fingerprint density at radius 1 is 0.388 bits per heavy atom. The Hall–Kier alpha value is -6.16. The number of thiophene rings is 1. The van der Waals surface area contributed by atoms with Crippen LogP contribution in [0.4, 0.5) is 0 Å². The van der Waals surface area contributed by atoms with Crippen molar-refractivity contribution < 1.29 is 8.83 Å². The van der Waals surface area contributed by atoms with Crippen LogP contribution in [0, 0.1) is 0 Å². The molecule has 0 fully saturated rings. The van der Waals surface area contributed by atoms with Crippen molar-refractivity contribution in [2.75, 3.05) is 0 Å². The van der Waals surface area contributed by atoms with Crippen LogP contribution >= 0.6 is 11.3 Å². The van der Waals surface area contributed by atoms with Crippen molar-refractivity contribution in [3.8, 4) is 33.4 Å². The van der Waals surface area contributed by atoms with E-state index in [4.69, 9.17) is 8.83 Å². The van der Waals surface area contributed by atoms with Gasteiger partial charge in [0, 0.05) is 47.6 Å². The molecule has 11 rings (SSSR count). The van der Waals surface area contributed by atoms with E-state index in [1.807, 2.05) is 23.7 Å². The zero-order valence-electron chi connectivity index (χ0n) is 26.2. The fourth-order valence-electron chi connectivity index (χ4n) is 8.02. The van der Waals surface area contributed by atoms with Crippen LogP contribution < -0.4 is 0 Å². The fourth-order valence-corrected chi connectivity index (χ4v) is 9.10. The summed E-state index contributed by atoms with van der Waals surface area (Å²) in [6, 6.07) is 54.6. The van der Waals surface area contributed by atoms with Gasteiger partial charge in [-0.15, -0.1) is 11.3 Å². The highest BCUT2D eigenvalue weighted by Gasteiger charge is 2.22. The summed E-state index contributed by atoms with van der Waals surface area (Å²) in [6.45, 7) is 0. The maximum atomic E-state index is 7.01. The summed E-state index contributed by atoms with van der Waals surface area (Å²) in [5, 5.41) is 10.7. The molecule has 0 spiro atoms. The molecule has 0 saturated carbocycles. The highest BCUT2D eigenvalue weighted by atomic mass is 32.1.